The molecule has 0 saturated carbocycles. The van der Waals surface area contributed by atoms with Gasteiger partial charge in [0.25, 0.3) is 0 Å². The number of nitrogens with two attached hydrogens (primary N) is 2. The maximum Gasteiger partial charge on any atom is 0.326 e. The largest absolute Gasteiger partial charge is 0.480 e. The second kappa shape index (κ2) is 14.2. The van der Waals surface area contributed by atoms with Gasteiger partial charge in [-0.2, -0.15) is 11.8 Å². The highest BCUT2D eigenvalue weighted by molar-refractivity contribution is 7.99. The van der Waals surface area contributed by atoms with Gasteiger partial charge in [-0.15, -0.1) is 0 Å². The summed E-state index contributed by atoms with van der Waals surface area (Å²) in [4.78, 5) is 68.5. The van der Waals surface area contributed by atoms with Crippen molar-refractivity contribution < 1.29 is 44.1 Å². The van der Waals surface area contributed by atoms with Gasteiger partial charge < -0.3 is 42.7 Å². The fourth-order valence-corrected chi connectivity index (χ4v) is 2.96. The minimum absolute atomic E-state index is 0.0711. The molecule has 15 heteroatoms. The Kier molecular flexibility index (Phi) is 12.8. The van der Waals surface area contributed by atoms with Crippen LogP contribution < -0.4 is 27.4 Å². The highest BCUT2D eigenvalue weighted by Gasteiger charge is 2.25. The standard InChI is InChI=1S/C16H27N5O9S/c1-7(17)13(25)21-9(16(29)30)2-3-11(22)20-10(14(26)19-4-12(23)24)6-31-5-8(18)15(27)28/h7-10H,2-6,17-18H2,1H3,(H,19,26)(H,20,22)(H,21,25)(H,23,24)(H,27,28)(H,29,30)/t7-,8-,9+,10+/m0/s1. The Morgan fingerprint density at radius 1 is 0.871 bits per heavy atom. The Morgan fingerprint density at radius 3 is 1.97 bits per heavy atom. The van der Waals surface area contributed by atoms with E-state index < -0.39 is 66.3 Å². The molecule has 0 aromatic carbocycles. The second-order valence-corrected chi connectivity index (χ2v) is 7.52. The quantitative estimate of drug-likeness (QED) is 0.117. The van der Waals surface area contributed by atoms with Crippen LogP contribution in [0.3, 0.4) is 0 Å². The average molecular weight is 465 g/mol. The predicted molar refractivity (Wildman–Crippen MR) is 108 cm³/mol. The van der Waals surface area contributed by atoms with E-state index >= 15 is 0 Å². The molecule has 0 aliphatic rings. The topological polar surface area (TPSA) is 251 Å². The Morgan fingerprint density at radius 2 is 1.48 bits per heavy atom. The van der Waals surface area contributed by atoms with Crippen LogP contribution in [-0.4, -0.2) is 93.2 Å². The Balaban J connectivity index is 4.92. The van der Waals surface area contributed by atoms with Gasteiger partial charge >= 0.3 is 17.9 Å². The van der Waals surface area contributed by atoms with Crippen molar-refractivity contribution >= 4 is 47.4 Å². The van der Waals surface area contributed by atoms with Gasteiger partial charge in [-0.1, -0.05) is 0 Å². The molecule has 0 fully saturated rings. The lowest BCUT2D eigenvalue weighted by Gasteiger charge is -2.19. The maximum atomic E-state index is 12.2. The van der Waals surface area contributed by atoms with Crippen LogP contribution in [0.25, 0.3) is 0 Å². The van der Waals surface area contributed by atoms with Crippen molar-refractivity contribution in [3.05, 3.63) is 0 Å². The molecule has 14 nitrogen and oxygen atoms in total. The van der Waals surface area contributed by atoms with Crippen LogP contribution in [0.5, 0.6) is 0 Å². The summed E-state index contributed by atoms with van der Waals surface area (Å²) in [5, 5.41) is 33.2. The van der Waals surface area contributed by atoms with Crippen LogP contribution in [0.1, 0.15) is 19.8 Å². The Labute approximate surface area is 181 Å². The number of amides is 3. The van der Waals surface area contributed by atoms with E-state index in [1.807, 2.05) is 0 Å². The highest BCUT2D eigenvalue weighted by Crippen LogP contribution is 2.07. The summed E-state index contributed by atoms with van der Waals surface area (Å²) in [6.45, 7) is 0.657. The molecule has 176 valence electrons. The zero-order valence-electron chi connectivity index (χ0n) is 16.7. The smallest absolute Gasteiger partial charge is 0.326 e. The van der Waals surface area contributed by atoms with E-state index in [9.17, 15) is 28.8 Å². The maximum absolute atomic E-state index is 12.2. The molecular weight excluding hydrogens is 438 g/mol. The summed E-state index contributed by atoms with van der Waals surface area (Å²) in [6.07, 6.45) is -0.668. The summed E-state index contributed by atoms with van der Waals surface area (Å²) in [7, 11) is 0. The molecule has 0 aromatic rings. The molecule has 0 aromatic heterocycles. The Bertz CT molecular complexity index is 688. The molecule has 0 bridgehead atoms. The first-order valence-corrected chi connectivity index (χ1v) is 10.1. The van der Waals surface area contributed by atoms with Gasteiger partial charge in [0.05, 0.1) is 6.04 Å². The molecule has 0 aliphatic heterocycles. The molecule has 0 radical (unpaired) electrons. The molecule has 0 unspecified atom stereocenters. The molecule has 4 atom stereocenters. The van der Waals surface area contributed by atoms with Crippen LogP contribution in [-0.2, 0) is 28.8 Å². The van der Waals surface area contributed by atoms with E-state index in [-0.39, 0.29) is 24.3 Å². The number of carboxylic acids is 3. The van der Waals surface area contributed by atoms with Gasteiger partial charge in [0, 0.05) is 17.9 Å². The molecule has 0 spiro atoms. The monoisotopic (exact) mass is 465 g/mol. The lowest BCUT2D eigenvalue weighted by Crippen LogP contribution is -2.50. The lowest BCUT2D eigenvalue weighted by atomic mass is 10.1. The van der Waals surface area contributed by atoms with Gasteiger partial charge in [-0.05, 0) is 13.3 Å². The second-order valence-electron chi connectivity index (χ2n) is 6.44. The zero-order chi connectivity index (χ0) is 24.1. The number of hydrogen-bond donors (Lipinski definition) is 8. The molecule has 31 heavy (non-hydrogen) atoms. The lowest BCUT2D eigenvalue weighted by molar-refractivity contribution is -0.142. The SMILES string of the molecule is C[C@H](N)C(=O)N[C@H](CCC(=O)N[C@H](CSC[C@H](N)C(=O)O)C(=O)NCC(=O)O)C(=O)O. The minimum Gasteiger partial charge on any atom is -0.480 e. The van der Waals surface area contributed by atoms with Gasteiger partial charge in [-0.25, -0.2) is 4.79 Å². The van der Waals surface area contributed by atoms with Crippen molar-refractivity contribution in [2.45, 2.75) is 43.9 Å². The van der Waals surface area contributed by atoms with E-state index in [0.29, 0.717) is 0 Å². The van der Waals surface area contributed by atoms with Crippen LogP contribution in [0.15, 0.2) is 0 Å². The van der Waals surface area contributed by atoms with Crippen molar-refractivity contribution in [2.75, 3.05) is 18.1 Å². The molecule has 10 N–H and O–H groups in total. The van der Waals surface area contributed by atoms with Gasteiger partial charge in [0.15, 0.2) is 0 Å². The van der Waals surface area contributed by atoms with Gasteiger partial charge in [0.2, 0.25) is 17.7 Å². The predicted octanol–water partition coefficient (Wildman–Crippen LogP) is -3.49. The van der Waals surface area contributed by atoms with Crippen LogP contribution >= 0.6 is 11.8 Å². The minimum atomic E-state index is -1.38. The fraction of sp³-hybridized carbons (Fsp3) is 0.625. The summed E-state index contributed by atoms with van der Waals surface area (Å²) >= 11 is 0.949. The number of carbonyl (C=O) groups excluding carboxylic acids is 3. The number of aliphatic carboxylic acids is 3. The normalized spacial score (nSPS) is 14.4. The summed E-state index contributed by atoms with van der Waals surface area (Å²) in [5.41, 5.74) is 10.7. The number of rotatable bonds is 15. The highest BCUT2D eigenvalue weighted by atomic mass is 32.2. The van der Waals surface area contributed by atoms with E-state index in [2.05, 4.69) is 16.0 Å². The van der Waals surface area contributed by atoms with Crippen molar-refractivity contribution in [3.8, 4) is 0 Å². The first-order chi connectivity index (χ1) is 14.3. The summed E-state index contributed by atoms with van der Waals surface area (Å²) < 4.78 is 0. The van der Waals surface area contributed by atoms with Crippen molar-refractivity contribution in [1.82, 2.24) is 16.0 Å². The summed E-state index contributed by atoms with van der Waals surface area (Å²) in [6, 6.07) is -4.76. The molecule has 0 saturated heterocycles. The molecular formula is C16H27N5O9S. The first-order valence-electron chi connectivity index (χ1n) is 8.98. The van der Waals surface area contributed by atoms with E-state index in [1.54, 1.807) is 0 Å². The van der Waals surface area contributed by atoms with Crippen molar-refractivity contribution in [3.63, 3.8) is 0 Å². The molecule has 0 heterocycles. The van der Waals surface area contributed by atoms with Crippen molar-refractivity contribution in [1.29, 1.82) is 0 Å². The van der Waals surface area contributed by atoms with Gasteiger partial charge in [-0.3, -0.25) is 24.0 Å². The zero-order valence-corrected chi connectivity index (χ0v) is 17.5. The van der Waals surface area contributed by atoms with Crippen molar-refractivity contribution in [2.24, 2.45) is 11.5 Å². The van der Waals surface area contributed by atoms with E-state index in [0.717, 1.165) is 11.8 Å². The third-order valence-corrected chi connectivity index (χ3v) is 4.82. The van der Waals surface area contributed by atoms with Gasteiger partial charge in [0.1, 0.15) is 24.7 Å². The third kappa shape index (κ3) is 12.4. The average Bonchev–Trinajstić information content (AvgIpc) is 2.67. The van der Waals surface area contributed by atoms with E-state index in [4.69, 9.17) is 26.8 Å². The summed E-state index contributed by atoms with van der Waals surface area (Å²) in [5.74, 6) is -6.40. The van der Waals surface area contributed by atoms with Crippen LogP contribution in [0, 0.1) is 0 Å². The number of carbonyl (C=O) groups is 6. The van der Waals surface area contributed by atoms with E-state index in [1.165, 1.54) is 6.92 Å². The number of thioether (sulfide) groups is 1. The number of hydrogen-bond acceptors (Lipinski definition) is 9. The van der Waals surface area contributed by atoms with Crippen LogP contribution in [0.2, 0.25) is 0 Å². The fourth-order valence-electron chi connectivity index (χ4n) is 1.96. The third-order valence-electron chi connectivity index (χ3n) is 3.65. The number of nitrogens with one attached hydrogen (secondary N) is 3. The van der Waals surface area contributed by atoms with Crippen LogP contribution in [0.4, 0.5) is 0 Å². The number of carboxylic acid groups (broad SMARTS) is 3. The molecule has 0 rings (SSSR count). The first kappa shape index (κ1) is 28.1. The Hall–Kier alpha value is -2.91. The molecule has 3 amide bonds. The molecule has 0 aliphatic carbocycles.